The van der Waals surface area contributed by atoms with Crippen LogP contribution in [0.25, 0.3) is 0 Å². The second-order valence-electron chi connectivity index (χ2n) is 4.16. The van der Waals surface area contributed by atoms with Gasteiger partial charge in [0.2, 0.25) is 0 Å². The molecule has 1 unspecified atom stereocenters. The normalized spacial score (nSPS) is 20.5. The van der Waals surface area contributed by atoms with Gasteiger partial charge in [-0.25, -0.2) is 0 Å². The average Bonchev–Trinajstić information content (AvgIpc) is 2.67. The Hall–Kier alpha value is -1.33. The van der Waals surface area contributed by atoms with Gasteiger partial charge in [0.15, 0.2) is 0 Å². The summed E-state index contributed by atoms with van der Waals surface area (Å²) in [5.41, 5.74) is -0.0223. The van der Waals surface area contributed by atoms with Crippen LogP contribution in [0, 0.1) is 10.1 Å². The fraction of sp³-hybridized carbons (Fsp3) is 0.455. The predicted octanol–water partition coefficient (Wildman–Crippen LogP) is 2.33. The summed E-state index contributed by atoms with van der Waals surface area (Å²) in [6, 6.07) is 4.27. The van der Waals surface area contributed by atoms with Crippen molar-refractivity contribution < 1.29 is 9.66 Å². The van der Waals surface area contributed by atoms with E-state index in [4.69, 9.17) is 16.3 Å². The zero-order valence-corrected chi connectivity index (χ0v) is 10.2. The van der Waals surface area contributed by atoms with Crippen LogP contribution in [0.4, 0.5) is 5.69 Å². The molecule has 0 saturated carbocycles. The molecular weight excluding hydrogens is 244 g/mol. The molecule has 1 saturated heterocycles. The second-order valence-corrected chi connectivity index (χ2v) is 4.57. The standard InChI is InChI=1S/C11H13ClN2O3/c1-13-5-4-9(7-13)17-11-3-2-8(14(15)16)6-10(11)12/h2-3,6,9H,4-5,7H2,1H3. The molecule has 1 aromatic carbocycles. The molecular formula is C11H13ClN2O3. The van der Waals surface area contributed by atoms with Gasteiger partial charge >= 0.3 is 0 Å². The van der Waals surface area contributed by atoms with E-state index in [9.17, 15) is 10.1 Å². The highest BCUT2D eigenvalue weighted by molar-refractivity contribution is 6.32. The summed E-state index contributed by atoms with van der Waals surface area (Å²) in [6.45, 7) is 1.85. The number of benzene rings is 1. The first-order valence-electron chi connectivity index (χ1n) is 5.35. The molecule has 2 rings (SSSR count). The van der Waals surface area contributed by atoms with Gasteiger partial charge < -0.3 is 9.64 Å². The summed E-state index contributed by atoms with van der Waals surface area (Å²) in [4.78, 5) is 12.2. The molecule has 17 heavy (non-hydrogen) atoms. The summed E-state index contributed by atoms with van der Waals surface area (Å²) < 4.78 is 5.72. The molecule has 0 aromatic heterocycles. The van der Waals surface area contributed by atoms with Crippen molar-refractivity contribution in [3.8, 4) is 5.75 Å². The largest absolute Gasteiger partial charge is 0.487 e. The first kappa shape index (κ1) is 12.1. The summed E-state index contributed by atoms with van der Waals surface area (Å²) in [5.74, 6) is 0.512. The molecule has 0 bridgehead atoms. The lowest BCUT2D eigenvalue weighted by molar-refractivity contribution is -0.384. The van der Waals surface area contributed by atoms with E-state index in [-0.39, 0.29) is 16.8 Å². The first-order chi connectivity index (χ1) is 8.06. The molecule has 0 radical (unpaired) electrons. The smallest absolute Gasteiger partial charge is 0.271 e. The van der Waals surface area contributed by atoms with Crippen molar-refractivity contribution in [3.63, 3.8) is 0 Å². The number of likely N-dealkylation sites (N-methyl/N-ethyl adjacent to an activating group) is 1. The number of hydrogen-bond donors (Lipinski definition) is 0. The molecule has 0 spiro atoms. The molecule has 0 aliphatic carbocycles. The molecule has 6 heteroatoms. The number of ether oxygens (including phenoxy) is 1. The van der Waals surface area contributed by atoms with Crippen LogP contribution >= 0.6 is 11.6 Å². The molecule has 0 N–H and O–H groups in total. The monoisotopic (exact) mass is 256 g/mol. The number of halogens is 1. The summed E-state index contributed by atoms with van der Waals surface area (Å²) in [6.07, 6.45) is 1.06. The number of nitro benzene ring substituents is 1. The summed E-state index contributed by atoms with van der Waals surface area (Å²) in [5, 5.41) is 10.8. The molecule has 1 aliphatic heterocycles. The van der Waals surface area contributed by atoms with Gasteiger partial charge in [-0.15, -0.1) is 0 Å². The lowest BCUT2D eigenvalue weighted by atomic mass is 10.3. The minimum absolute atomic E-state index is 0.0223. The van der Waals surface area contributed by atoms with Crippen molar-refractivity contribution in [3.05, 3.63) is 33.3 Å². The van der Waals surface area contributed by atoms with E-state index in [1.54, 1.807) is 6.07 Å². The van der Waals surface area contributed by atoms with Gasteiger partial charge in [0.25, 0.3) is 5.69 Å². The zero-order valence-electron chi connectivity index (χ0n) is 9.43. The van der Waals surface area contributed by atoms with Gasteiger partial charge in [-0.2, -0.15) is 0 Å². The molecule has 92 valence electrons. The van der Waals surface area contributed by atoms with E-state index in [1.807, 2.05) is 7.05 Å². The predicted molar refractivity (Wildman–Crippen MR) is 64.6 cm³/mol. The number of nitro groups is 1. The van der Waals surface area contributed by atoms with Crippen LogP contribution in [0.5, 0.6) is 5.75 Å². The van der Waals surface area contributed by atoms with Gasteiger partial charge in [0, 0.05) is 25.2 Å². The van der Waals surface area contributed by atoms with E-state index in [2.05, 4.69) is 4.90 Å². The Morgan fingerprint density at radius 3 is 2.88 bits per heavy atom. The summed E-state index contributed by atoms with van der Waals surface area (Å²) in [7, 11) is 2.03. The van der Waals surface area contributed by atoms with Crippen LogP contribution in [-0.2, 0) is 0 Å². The van der Waals surface area contributed by atoms with Crippen LogP contribution in [-0.4, -0.2) is 36.1 Å². The van der Waals surface area contributed by atoms with E-state index in [0.29, 0.717) is 5.75 Å². The van der Waals surface area contributed by atoms with Crippen LogP contribution in [0.15, 0.2) is 18.2 Å². The van der Waals surface area contributed by atoms with Crippen LogP contribution in [0.1, 0.15) is 6.42 Å². The highest BCUT2D eigenvalue weighted by atomic mass is 35.5. The Kier molecular flexibility index (Phi) is 3.49. The fourth-order valence-corrected chi connectivity index (χ4v) is 2.09. The number of hydrogen-bond acceptors (Lipinski definition) is 4. The van der Waals surface area contributed by atoms with E-state index in [1.165, 1.54) is 12.1 Å². The minimum atomic E-state index is -0.473. The Morgan fingerprint density at radius 1 is 1.59 bits per heavy atom. The first-order valence-corrected chi connectivity index (χ1v) is 5.73. The Morgan fingerprint density at radius 2 is 2.35 bits per heavy atom. The van der Waals surface area contributed by atoms with E-state index < -0.39 is 4.92 Å². The van der Waals surface area contributed by atoms with Gasteiger partial charge in [-0.3, -0.25) is 10.1 Å². The SMILES string of the molecule is CN1CCC(Oc2ccc([N+](=O)[O-])cc2Cl)C1. The van der Waals surface area contributed by atoms with Crippen molar-refractivity contribution in [1.82, 2.24) is 4.90 Å². The van der Waals surface area contributed by atoms with E-state index in [0.717, 1.165) is 19.5 Å². The van der Waals surface area contributed by atoms with Gasteiger partial charge in [0.1, 0.15) is 11.9 Å². The van der Waals surface area contributed by atoms with Gasteiger partial charge in [-0.05, 0) is 19.5 Å². The van der Waals surface area contributed by atoms with Crippen LogP contribution < -0.4 is 4.74 Å². The molecule has 1 atom stereocenters. The highest BCUT2D eigenvalue weighted by Crippen LogP contribution is 2.30. The molecule has 0 amide bonds. The maximum Gasteiger partial charge on any atom is 0.271 e. The topological polar surface area (TPSA) is 55.6 Å². The third-order valence-electron chi connectivity index (χ3n) is 2.77. The third kappa shape index (κ3) is 2.87. The maximum absolute atomic E-state index is 10.6. The number of rotatable bonds is 3. The molecule has 1 aromatic rings. The molecule has 1 aliphatic rings. The lowest BCUT2D eigenvalue weighted by Crippen LogP contribution is -2.21. The quantitative estimate of drug-likeness (QED) is 0.615. The van der Waals surface area contributed by atoms with Crippen molar-refractivity contribution in [2.75, 3.05) is 20.1 Å². The van der Waals surface area contributed by atoms with Gasteiger partial charge in [-0.1, -0.05) is 11.6 Å². The van der Waals surface area contributed by atoms with Gasteiger partial charge in [0.05, 0.1) is 9.95 Å². The highest BCUT2D eigenvalue weighted by Gasteiger charge is 2.22. The third-order valence-corrected chi connectivity index (χ3v) is 3.06. The van der Waals surface area contributed by atoms with Crippen LogP contribution in [0.3, 0.4) is 0 Å². The second kappa shape index (κ2) is 4.89. The zero-order chi connectivity index (χ0) is 12.4. The van der Waals surface area contributed by atoms with E-state index >= 15 is 0 Å². The van der Waals surface area contributed by atoms with Crippen LogP contribution in [0.2, 0.25) is 5.02 Å². The fourth-order valence-electron chi connectivity index (χ4n) is 1.87. The average molecular weight is 257 g/mol. The van der Waals surface area contributed by atoms with Crippen molar-refractivity contribution in [2.24, 2.45) is 0 Å². The Bertz CT molecular complexity index is 439. The number of nitrogens with zero attached hydrogens (tertiary/aromatic N) is 2. The molecule has 1 fully saturated rings. The number of non-ortho nitro benzene ring substituents is 1. The number of likely N-dealkylation sites (tertiary alicyclic amines) is 1. The van der Waals surface area contributed by atoms with Crippen molar-refractivity contribution >= 4 is 17.3 Å². The Balaban J connectivity index is 2.09. The lowest BCUT2D eigenvalue weighted by Gasteiger charge is -2.14. The molecule has 5 nitrogen and oxygen atoms in total. The maximum atomic E-state index is 10.6. The Labute approximate surface area is 104 Å². The van der Waals surface area contributed by atoms with Crippen molar-refractivity contribution in [2.45, 2.75) is 12.5 Å². The molecule has 1 heterocycles. The van der Waals surface area contributed by atoms with Crippen molar-refractivity contribution in [1.29, 1.82) is 0 Å². The minimum Gasteiger partial charge on any atom is -0.487 e. The summed E-state index contributed by atoms with van der Waals surface area (Å²) >= 11 is 5.95.